The molecule has 0 bridgehead atoms. The Morgan fingerprint density at radius 2 is 1.92 bits per heavy atom. The zero-order valence-electron chi connectivity index (χ0n) is 14.5. The number of aliphatic hydroxyl groups excluding tert-OH is 1. The van der Waals surface area contributed by atoms with Crippen molar-refractivity contribution in [1.82, 2.24) is 4.90 Å². The first-order valence-corrected chi connectivity index (χ1v) is 8.43. The van der Waals surface area contributed by atoms with Gasteiger partial charge in [0, 0.05) is 26.9 Å². The van der Waals surface area contributed by atoms with Crippen LogP contribution < -0.4 is 0 Å². The van der Waals surface area contributed by atoms with Crippen LogP contribution in [0.2, 0.25) is 0 Å². The molecule has 1 fully saturated rings. The fourth-order valence-electron chi connectivity index (χ4n) is 3.03. The molecule has 24 heavy (non-hydrogen) atoms. The monoisotopic (exact) mass is 341 g/mol. The number of aliphatic hydroxyl groups is 1. The van der Waals surface area contributed by atoms with Gasteiger partial charge in [-0.2, -0.15) is 0 Å². The van der Waals surface area contributed by atoms with Gasteiger partial charge in [0.2, 0.25) is 0 Å². The third kappa shape index (κ3) is 4.78. The summed E-state index contributed by atoms with van der Waals surface area (Å²) in [6, 6.07) is 0. The van der Waals surface area contributed by atoms with Crippen molar-refractivity contribution >= 4 is 11.9 Å². The lowest BCUT2D eigenvalue weighted by molar-refractivity contribution is -0.203. The number of fused-ring (bicyclic) bond motifs is 1. The zero-order chi connectivity index (χ0) is 17.7. The van der Waals surface area contributed by atoms with Gasteiger partial charge in [-0.05, 0) is 13.3 Å². The summed E-state index contributed by atoms with van der Waals surface area (Å²) >= 11 is 0. The molecule has 7 nitrogen and oxygen atoms in total. The Morgan fingerprint density at radius 3 is 2.58 bits per heavy atom. The van der Waals surface area contributed by atoms with Gasteiger partial charge in [0.25, 0.3) is 5.91 Å². The van der Waals surface area contributed by atoms with Crippen molar-refractivity contribution in [2.75, 3.05) is 20.7 Å². The second kappa shape index (κ2) is 8.60. The number of ether oxygens (including phenoxy) is 3. The van der Waals surface area contributed by atoms with Gasteiger partial charge in [0.1, 0.15) is 6.10 Å². The Labute approximate surface area is 142 Å². The van der Waals surface area contributed by atoms with Gasteiger partial charge >= 0.3 is 5.97 Å². The van der Waals surface area contributed by atoms with E-state index in [2.05, 4.69) is 0 Å². The summed E-state index contributed by atoms with van der Waals surface area (Å²) in [6.45, 7) is 2.04. The Hall–Kier alpha value is -1.44. The predicted octanol–water partition coefficient (Wildman–Crippen LogP) is 0.650. The van der Waals surface area contributed by atoms with E-state index < -0.39 is 18.3 Å². The number of likely N-dealkylation sites (N-methyl/N-ethyl adjacent to an activating group) is 1. The normalized spacial score (nSPS) is 34.4. The SMILES string of the molecule is CCOC(=O)C[C@H]1O[C@H]2C/C=C\C[C@H](C(=O)N(C)C)O[C@H]2C[C@@H]1O. The van der Waals surface area contributed by atoms with E-state index >= 15 is 0 Å². The molecule has 0 spiro atoms. The lowest BCUT2D eigenvalue weighted by atomic mass is 9.93. The first-order valence-electron chi connectivity index (χ1n) is 8.43. The minimum absolute atomic E-state index is 0.0159. The average Bonchev–Trinajstić information content (AvgIpc) is 2.50. The van der Waals surface area contributed by atoms with E-state index in [-0.39, 0.29) is 30.5 Å². The highest BCUT2D eigenvalue weighted by molar-refractivity contribution is 5.80. The smallest absolute Gasteiger partial charge is 0.308 e. The number of nitrogens with zero attached hydrogens (tertiary/aromatic N) is 1. The summed E-state index contributed by atoms with van der Waals surface area (Å²) in [4.78, 5) is 25.3. The lowest BCUT2D eigenvalue weighted by Crippen LogP contribution is -2.51. The molecule has 1 saturated heterocycles. The van der Waals surface area contributed by atoms with Crippen LogP contribution in [0.4, 0.5) is 0 Å². The Kier molecular flexibility index (Phi) is 6.77. The van der Waals surface area contributed by atoms with Gasteiger partial charge in [0.05, 0.1) is 37.4 Å². The van der Waals surface area contributed by atoms with E-state index in [1.807, 2.05) is 12.2 Å². The Morgan fingerprint density at radius 1 is 1.21 bits per heavy atom. The number of carbonyl (C=O) groups excluding carboxylic acids is 2. The highest BCUT2D eigenvalue weighted by atomic mass is 16.6. The number of rotatable bonds is 4. The van der Waals surface area contributed by atoms with E-state index in [0.717, 1.165) is 0 Å². The highest BCUT2D eigenvalue weighted by Gasteiger charge is 2.41. The van der Waals surface area contributed by atoms with Crippen LogP contribution in [0, 0.1) is 0 Å². The molecular formula is C17H27NO6. The van der Waals surface area contributed by atoms with E-state index in [9.17, 15) is 14.7 Å². The lowest BCUT2D eigenvalue weighted by Gasteiger charge is -2.41. The molecule has 0 aromatic carbocycles. The number of carbonyl (C=O) groups is 2. The van der Waals surface area contributed by atoms with Gasteiger partial charge in [-0.15, -0.1) is 0 Å². The Balaban J connectivity index is 2.03. The molecule has 2 rings (SSSR count). The molecular weight excluding hydrogens is 314 g/mol. The minimum atomic E-state index is -0.825. The van der Waals surface area contributed by atoms with Gasteiger partial charge in [-0.3, -0.25) is 9.59 Å². The van der Waals surface area contributed by atoms with E-state index in [1.54, 1.807) is 21.0 Å². The third-order valence-electron chi connectivity index (χ3n) is 4.28. The number of hydrogen-bond acceptors (Lipinski definition) is 6. The van der Waals surface area contributed by atoms with Crippen LogP contribution in [-0.4, -0.2) is 73.1 Å². The molecule has 1 N–H and O–H groups in total. The molecule has 0 aromatic rings. The minimum Gasteiger partial charge on any atom is -0.466 e. The third-order valence-corrected chi connectivity index (χ3v) is 4.28. The van der Waals surface area contributed by atoms with Crippen molar-refractivity contribution in [3.05, 3.63) is 12.2 Å². The first-order chi connectivity index (χ1) is 11.4. The summed E-state index contributed by atoms with van der Waals surface area (Å²) in [7, 11) is 3.38. The maximum atomic E-state index is 12.2. The number of amides is 1. The van der Waals surface area contributed by atoms with Crippen molar-refractivity contribution in [3.8, 4) is 0 Å². The van der Waals surface area contributed by atoms with Gasteiger partial charge < -0.3 is 24.2 Å². The second-order valence-corrected chi connectivity index (χ2v) is 6.36. The molecule has 0 aliphatic carbocycles. The van der Waals surface area contributed by atoms with Gasteiger partial charge in [-0.1, -0.05) is 12.2 Å². The quantitative estimate of drug-likeness (QED) is 0.597. The van der Waals surface area contributed by atoms with Crippen molar-refractivity contribution < 1.29 is 28.9 Å². The molecule has 0 aromatic heterocycles. The average molecular weight is 341 g/mol. The van der Waals surface area contributed by atoms with Crippen LogP contribution in [-0.2, 0) is 23.8 Å². The van der Waals surface area contributed by atoms with Crippen LogP contribution in [0.1, 0.15) is 32.6 Å². The second-order valence-electron chi connectivity index (χ2n) is 6.36. The van der Waals surface area contributed by atoms with Crippen LogP contribution in [0.25, 0.3) is 0 Å². The van der Waals surface area contributed by atoms with E-state index in [1.165, 1.54) is 4.90 Å². The van der Waals surface area contributed by atoms with Gasteiger partial charge in [-0.25, -0.2) is 0 Å². The van der Waals surface area contributed by atoms with Crippen LogP contribution in [0.15, 0.2) is 12.2 Å². The van der Waals surface area contributed by atoms with Crippen LogP contribution in [0.5, 0.6) is 0 Å². The maximum absolute atomic E-state index is 12.2. The summed E-state index contributed by atoms with van der Waals surface area (Å²) in [5.41, 5.74) is 0. The summed E-state index contributed by atoms with van der Waals surface area (Å²) in [5, 5.41) is 10.3. The number of esters is 1. The van der Waals surface area contributed by atoms with Crippen molar-refractivity contribution in [3.63, 3.8) is 0 Å². The Bertz CT molecular complexity index is 478. The topological polar surface area (TPSA) is 85.3 Å². The molecule has 136 valence electrons. The van der Waals surface area contributed by atoms with Crippen molar-refractivity contribution in [1.29, 1.82) is 0 Å². The molecule has 2 aliphatic rings. The molecule has 0 radical (unpaired) electrons. The fourth-order valence-corrected chi connectivity index (χ4v) is 3.03. The molecule has 7 heteroatoms. The highest BCUT2D eigenvalue weighted by Crippen LogP contribution is 2.30. The van der Waals surface area contributed by atoms with Gasteiger partial charge in [0.15, 0.2) is 0 Å². The summed E-state index contributed by atoms with van der Waals surface area (Å²) < 4.78 is 16.8. The largest absolute Gasteiger partial charge is 0.466 e. The molecule has 0 unspecified atom stereocenters. The first kappa shape index (κ1) is 18.9. The molecule has 5 atom stereocenters. The van der Waals surface area contributed by atoms with Crippen LogP contribution in [0.3, 0.4) is 0 Å². The predicted molar refractivity (Wildman–Crippen MR) is 86.3 cm³/mol. The zero-order valence-corrected chi connectivity index (χ0v) is 14.5. The fraction of sp³-hybridized carbons (Fsp3) is 0.765. The van der Waals surface area contributed by atoms with Crippen LogP contribution >= 0.6 is 0 Å². The maximum Gasteiger partial charge on any atom is 0.308 e. The molecule has 2 aliphatic heterocycles. The molecule has 2 heterocycles. The van der Waals surface area contributed by atoms with E-state index in [0.29, 0.717) is 25.9 Å². The summed E-state index contributed by atoms with van der Waals surface area (Å²) in [6.07, 6.45) is 2.68. The summed E-state index contributed by atoms with van der Waals surface area (Å²) in [5.74, 6) is -0.494. The van der Waals surface area contributed by atoms with Crippen molar-refractivity contribution in [2.24, 2.45) is 0 Å². The standard InChI is InChI=1S/C17H27NO6/c1-4-22-16(20)10-14-11(19)9-15-12(23-14)7-5-6-8-13(24-15)17(21)18(2)3/h5-6,11-15,19H,4,7-10H2,1-3H3/b6-5-/t11-,12-,13+,14+,15-/m0/s1. The van der Waals surface area contributed by atoms with Crippen molar-refractivity contribution in [2.45, 2.75) is 63.1 Å². The van der Waals surface area contributed by atoms with E-state index in [4.69, 9.17) is 14.2 Å². The molecule has 1 amide bonds. The number of hydrogen-bond donors (Lipinski definition) is 1. The molecule has 0 saturated carbocycles.